The average Bonchev–Trinajstić information content (AvgIpc) is 3.56. The van der Waals surface area contributed by atoms with E-state index in [1.54, 1.807) is 12.4 Å². The van der Waals surface area contributed by atoms with Gasteiger partial charge in [-0.2, -0.15) is 0 Å². The molecule has 0 spiro atoms. The topological polar surface area (TPSA) is 86.9 Å². The van der Waals surface area contributed by atoms with E-state index in [2.05, 4.69) is 62.3 Å². The number of nitrogens with zero attached hydrogens (tertiary/aromatic N) is 5. The molecule has 6 rings (SSSR count). The van der Waals surface area contributed by atoms with Gasteiger partial charge >= 0.3 is 0 Å². The van der Waals surface area contributed by atoms with E-state index in [0.29, 0.717) is 17.6 Å². The van der Waals surface area contributed by atoms with Gasteiger partial charge in [-0.15, -0.1) is 10.2 Å². The number of amides is 1. The highest BCUT2D eigenvalue weighted by Gasteiger charge is 2.18. The number of hydrogen-bond donors (Lipinski definition) is 1. The van der Waals surface area contributed by atoms with E-state index < -0.39 is 0 Å². The number of para-hydroxylation sites is 1. The minimum atomic E-state index is -0.118. The van der Waals surface area contributed by atoms with Crippen LogP contribution in [0.4, 0.5) is 5.69 Å². The Balaban J connectivity index is 1.25. The maximum absolute atomic E-state index is 13.1. The van der Waals surface area contributed by atoms with Crippen molar-refractivity contribution in [1.29, 1.82) is 0 Å². The summed E-state index contributed by atoms with van der Waals surface area (Å²) in [7, 11) is 0. The highest BCUT2D eigenvalue weighted by molar-refractivity contribution is 7.99. The predicted octanol–water partition coefficient (Wildman–Crippen LogP) is 6.59. The van der Waals surface area contributed by atoms with Crippen molar-refractivity contribution in [2.75, 3.05) is 17.7 Å². The van der Waals surface area contributed by atoms with Crippen molar-refractivity contribution in [2.45, 2.75) is 25.5 Å². The van der Waals surface area contributed by atoms with E-state index in [4.69, 9.17) is 4.74 Å². The molecule has 9 heteroatoms. The number of rotatable bonds is 9. The maximum Gasteiger partial charge on any atom is 0.234 e. The summed E-state index contributed by atoms with van der Waals surface area (Å²) in [6.45, 7) is 5.57. The second-order valence-electron chi connectivity index (χ2n) is 9.14. The van der Waals surface area contributed by atoms with Crippen LogP contribution in [0.1, 0.15) is 13.8 Å². The normalized spacial score (nSPS) is 11.2. The first kappa shape index (κ1) is 25.6. The first-order valence-corrected chi connectivity index (χ1v) is 14.2. The Morgan fingerprint density at radius 1 is 0.925 bits per heavy atom. The predicted molar refractivity (Wildman–Crippen MR) is 160 cm³/mol. The van der Waals surface area contributed by atoms with Crippen LogP contribution in [0.2, 0.25) is 0 Å². The Kier molecular flexibility index (Phi) is 7.20. The summed E-state index contributed by atoms with van der Waals surface area (Å²) in [5.74, 6) is 1.50. The number of aryl methyl sites for hydroxylation is 1. The molecule has 40 heavy (non-hydrogen) atoms. The molecule has 6 aromatic rings. The number of nitrogens with one attached hydrogen (secondary N) is 1. The molecule has 200 valence electrons. The molecule has 0 unspecified atom stereocenters. The summed E-state index contributed by atoms with van der Waals surface area (Å²) in [5.41, 5.74) is 4.81. The van der Waals surface area contributed by atoms with Gasteiger partial charge in [0.05, 0.1) is 12.4 Å². The van der Waals surface area contributed by atoms with Crippen LogP contribution in [-0.2, 0) is 11.3 Å². The van der Waals surface area contributed by atoms with Gasteiger partial charge in [-0.1, -0.05) is 30.0 Å². The van der Waals surface area contributed by atoms with Crippen molar-refractivity contribution >= 4 is 45.2 Å². The highest BCUT2D eigenvalue weighted by Crippen LogP contribution is 2.32. The Bertz CT molecular complexity index is 1790. The lowest BCUT2D eigenvalue weighted by atomic mass is 10.1. The van der Waals surface area contributed by atoms with E-state index in [-0.39, 0.29) is 11.7 Å². The standard InChI is InChI=1S/C31H28N6O2S/c1-3-36-27-10-6-5-9-25(27)26-18-22(11-16-28(26)36)33-29(38)20-40-31-35-34-30(21-8-7-17-32-19-21)37(31)23-12-14-24(15-13-23)39-4-2/h5-19H,3-4,20H2,1-2H3,(H,33,38). The van der Waals surface area contributed by atoms with Gasteiger partial charge in [0, 0.05) is 57.7 Å². The number of pyridine rings is 1. The molecule has 1 amide bonds. The lowest BCUT2D eigenvalue weighted by Crippen LogP contribution is -2.14. The number of thioether (sulfide) groups is 1. The van der Waals surface area contributed by atoms with Crippen molar-refractivity contribution in [1.82, 2.24) is 24.3 Å². The van der Waals surface area contributed by atoms with E-state index in [1.807, 2.05) is 60.0 Å². The van der Waals surface area contributed by atoms with Gasteiger partial charge < -0.3 is 14.6 Å². The molecular formula is C31H28N6O2S. The van der Waals surface area contributed by atoms with E-state index in [1.165, 1.54) is 22.7 Å². The summed E-state index contributed by atoms with van der Waals surface area (Å²) in [4.78, 5) is 17.3. The minimum Gasteiger partial charge on any atom is -0.494 e. The number of aromatic nitrogens is 5. The van der Waals surface area contributed by atoms with E-state index in [9.17, 15) is 4.79 Å². The number of carbonyl (C=O) groups is 1. The second kappa shape index (κ2) is 11.2. The number of carbonyl (C=O) groups excluding carboxylic acids is 1. The Hall–Kier alpha value is -4.63. The monoisotopic (exact) mass is 548 g/mol. The van der Waals surface area contributed by atoms with Crippen molar-refractivity contribution < 1.29 is 9.53 Å². The SMILES string of the molecule is CCOc1ccc(-n2c(SCC(=O)Nc3ccc4c(c3)c3ccccc3n4CC)nnc2-c2cccnc2)cc1. The molecule has 0 fully saturated rings. The largest absolute Gasteiger partial charge is 0.494 e. The summed E-state index contributed by atoms with van der Waals surface area (Å²) >= 11 is 1.33. The number of hydrogen-bond acceptors (Lipinski definition) is 6. The van der Waals surface area contributed by atoms with Gasteiger partial charge in [0.1, 0.15) is 5.75 Å². The molecule has 3 heterocycles. The highest BCUT2D eigenvalue weighted by atomic mass is 32.2. The zero-order valence-corrected chi connectivity index (χ0v) is 23.1. The summed E-state index contributed by atoms with van der Waals surface area (Å²) in [6, 6.07) is 26.0. The van der Waals surface area contributed by atoms with Crippen molar-refractivity contribution in [3.63, 3.8) is 0 Å². The smallest absolute Gasteiger partial charge is 0.234 e. The molecule has 1 N–H and O–H groups in total. The molecule has 3 aromatic carbocycles. The van der Waals surface area contributed by atoms with Crippen LogP contribution in [0.5, 0.6) is 5.75 Å². The number of anilines is 1. The Morgan fingerprint density at radius 3 is 2.52 bits per heavy atom. The average molecular weight is 549 g/mol. The quantitative estimate of drug-likeness (QED) is 0.205. The summed E-state index contributed by atoms with van der Waals surface area (Å²) < 4.78 is 9.84. The Morgan fingerprint density at radius 2 is 1.75 bits per heavy atom. The van der Waals surface area contributed by atoms with Crippen LogP contribution in [0.3, 0.4) is 0 Å². The fourth-order valence-corrected chi connectivity index (χ4v) is 5.69. The van der Waals surface area contributed by atoms with E-state index in [0.717, 1.165) is 40.1 Å². The van der Waals surface area contributed by atoms with Crippen LogP contribution in [0.25, 0.3) is 38.9 Å². The fourth-order valence-electron chi connectivity index (χ4n) is 4.94. The molecule has 0 saturated heterocycles. The van der Waals surface area contributed by atoms with Crippen molar-refractivity contribution in [3.05, 3.63) is 91.3 Å². The lowest BCUT2D eigenvalue weighted by Gasteiger charge is -2.11. The zero-order valence-electron chi connectivity index (χ0n) is 22.2. The first-order valence-electron chi connectivity index (χ1n) is 13.2. The Labute approximate surface area is 236 Å². The second-order valence-corrected chi connectivity index (χ2v) is 10.1. The third-order valence-electron chi connectivity index (χ3n) is 6.66. The van der Waals surface area contributed by atoms with Crippen LogP contribution in [0.15, 0.2) is 96.4 Å². The van der Waals surface area contributed by atoms with Gasteiger partial charge in [0.2, 0.25) is 5.91 Å². The molecule has 0 bridgehead atoms. The first-order chi connectivity index (χ1) is 19.7. The van der Waals surface area contributed by atoms with Crippen molar-refractivity contribution in [2.24, 2.45) is 0 Å². The molecule has 3 aromatic heterocycles. The molecule has 8 nitrogen and oxygen atoms in total. The van der Waals surface area contributed by atoms with Crippen LogP contribution in [-0.4, -0.2) is 42.6 Å². The molecular weight excluding hydrogens is 520 g/mol. The zero-order chi connectivity index (χ0) is 27.5. The van der Waals surface area contributed by atoms with E-state index >= 15 is 0 Å². The molecule has 0 atom stereocenters. The molecule has 0 radical (unpaired) electrons. The molecule has 0 aliphatic carbocycles. The third kappa shape index (κ3) is 4.91. The molecule has 0 aliphatic heterocycles. The maximum atomic E-state index is 13.1. The van der Waals surface area contributed by atoms with Crippen LogP contribution < -0.4 is 10.1 Å². The summed E-state index contributed by atoms with van der Waals surface area (Å²) in [6.07, 6.45) is 3.47. The number of benzene rings is 3. The summed E-state index contributed by atoms with van der Waals surface area (Å²) in [5, 5.41) is 14.8. The molecule has 0 aliphatic rings. The van der Waals surface area contributed by atoms with Gasteiger partial charge in [-0.05, 0) is 74.5 Å². The van der Waals surface area contributed by atoms with Crippen LogP contribution in [0, 0.1) is 0 Å². The molecule has 0 saturated carbocycles. The lowest BCUT2D eigenvalue weighted by molar-refractivity contribution is -0.113. The van der Waals surface area contributed by atoms with Gasteiger partial charge in [-0.25, -0.2) is 0 Å². The van der Waals surface area contributed by atoms with Crippen molar-refractivity contribution in [3.8, 4) is 22.8 Å². The van der Waals surface area contributed by atoms with Gasteiger partial charge in [-0.3, -0.25) is 14.3 Å². The third-order valence-corrected chi connectivity index (χ3v) is 7.59. The van der Waals surface area contributed by atoms with Crippen LogP contribution >= 0.6 is 11.8 Å². The van der Waals surface area contributed by atoms with Gasteiger partial charge in [0.15, 0.2) is 11.0 Å². The number of fused-ring (bicyclic) bond motifs is 3. The van der Waals surface area contributed by atoms with Gasteiger partial charge in [0.25, 0.3) is 0 Å². The minimum absolute atomic E-state index is 0.118. The number of ether oxygens (including phenoxy) is 1. The fraction of sp³-hybridized carbons (Fsp3) is 0.161.